The van der Waals surface area contributed by atoms with Crippen LogP contribution in [-0.2, 0) is 20.7 Å². The van der Waals surface area contributed by atoms with E-state index < -0.39 is 11.9 Å². The van der Waals surface area contributed by atoms with E-state index in [0.717, 1.165) is 5.56 Å². The average Bonchev–Trinajstić information content (AvgIpc) is 2.71. The molecule has 6 nitrogen and oxygen atoms in total. The summed E-state index contributed by atoms with van der Waals surface area (Å²) < 4.78 is 15.5. The normalized spacial score (nSPS) is 10.8. The van der Waals surface area contributed by atoms with E-state index in [1.54, 1.807) is 43.3 Å². The second kappa shape index (κ2) is 10.9. The Kier molecular flexibility index (Phi) is 8.26. The summed E-state index contributed by atoms with van der Waals surface area (Å²) in [6.07, 6.45) is 2.05. The third-order valence-electron chi connectivity index (χ3n) is 3.85. The van der Waals surface area contributed by atoms with Gasteiger partial charge in [0, 0.05) is 11.4 Å². The van der Waals surface area contributed by atoms with Gasteiger partial charge in [0.1, 0.15) is 11.6 Å². The molecule has 0 aliphatic carbocycles. The molecule has 150 valence electrons. The number of hydrogen-bond donors (Lipinski definition) is 0. The highest BCUT2D eigenvalue weighted by Crippen LogP contribution is 2.29. The number of hydrogen-bond acceptors (Lipinski definition) is 6. The summed E-state index contributed by atoms with van der Waals surface area (Å²) in [6, 6.07) is 13.8. The Morgan fingerprint density at radius 3 is 2.62 bits per heavy atom. The number of aryl methyl sites for hydroxylation is 1. The van der Waals surface area contributed by atoms with Crippen LogP contribution >= 0.6 is 11.6 Å². The van der Waals surface area contributed by atoms with Crippen molar-refractivity contribution >= 4 is 29.6 Å². The van der Waals surface area contributed by atoms with Crippen molar-refractivity contribution in [1.82, 2.24) is 0 Å². The zero-order chi connectivity index (χ0) is 21.2. The van der Waals surface area contributed by atoms with Gasteiger partial charge in [0.25, 0.3) is 0 Å². The molecule has 0 bridgehead atoms. The first-order valence-corrected chi connectivity index (χ1v) is 9.26. The minimum Gasteiger partial charge on any atom is -0.493 e. The molecule has 0 atom stereocenters. The maximum absolute atomic E-state index is 12.2. The molecule has 0 spiro atoms. The summed E-state index contributed by atoms with van der Waals surface area (Å²) >= 11 is 5.94. The molecule has 0 fully saturated rings. The zero-order valence-corrected chi connectivity index (χ0v) is 16.9. The number of ether oxygens (including phenoxy) is 3. The Hall–Kier alpha value is -3.30. The first-order valence-electron chi connectivity index (χ1n) is 8.89. The van der Waals surface area contributed by atoms with Crippen LogP contribution in [0.3, 0.4) is 0 Å². The highest BCUT2D eigenvalue weighted by molar-refractivity contribution is 6.30. The minimum absolute atomic E-state index is 0.139. The number of halogens is 1. The van der Waals surface area contributed by atoms with E-state index in [9.17, 15) is 9.59 Å². The molecule has 0 amide bonds. The zero-order valence-electron chi connectivity index (χ0n) is 16.1. The maximum Gasteiger partial charge on any atom is 0.348 e. The van der Waals surface area contributed by atoms with Crippen LogP contribution in [0.1, 0.15) is 24.5 Å². The topological polar surface area (TPSA) is 85.6 Å². The Labute approximate surface area is 174 Å². The largest absolute Gasteiger partial charge is 0.493 e. The van der Waals surface area contributed by atoms with Crippen LogP contribution in [0.5, 0.6) is 11.5 Å². The molecule has 0 unspecified atom stereocenters. The summed E-state index contributed by atoms with van der Waals surface area (Å²) in [4.78, 5) is 23.9. The van der Waals surface area contributed by atoms with Gasteiger partial charge >= 0.3 is 11.9 Å². The quantitative estimate of drug-likeness (QED) is 0.276. The smallest absolute Gasteiger partial charge is 0.348 e. The lowest BCUT2D eigenvalue weighted by Crippen LogP contribution is -2.10. The van der Waals surface area contributed by atoms with Gasteiger partial charge in [-0.1, -0.05) is 29.8 Å². The van der Waals surface area contributed by atoms with Crippen LogP contribution in [0.15, 0.2) is 48.0 Å². The first kappa shape index (κ1) is 22.0. The highest BCUT2D eigenvalue weighted by Gasteiger charge is 2.13. The molecular weight excluding hydrogens is 394 g/mol. The fraction of sp³-hybridized carbons (Fsp3) is 0.227. The van der Waals surface area contributed by atoms with Crippen molar-refractivity contribution in [2.45, 2.75) is 19.8 Å². The van der Waals surface area contributed by atoms with E-state index in [2.05, 4.69) is 0 Å². The number of esters is 2. The van der Waals surface area contributed by atoms with Crippen LogP contribution in [0.2, 0.25) is 5.02 Å². The van der Waals surface area contributed by atoms with Crippen molar-refractivity contribution in [3.8, 4) is 17.6 Å². The van der Waals surface area contributed by atoms with Crippen molar-refractivity contribution in [3.05, 3.63) is 64.2 Å². The summed E-state index contributed by atoms with van der Waals surface area (Å²) in [5, 5.41) is 9.74. The molecule has 0 N–H and O–H groups in total. The summed E-state index contributed by atoms with van der Waals surface area (Å²) in [5.41, 5.74) is 1.33. The summed E-state index contributed by atoms with van der Waals surface area (Å²) in [6.45, 7) is 1.83. The highest BCUT2D eigenvalue weighted by atomic mass is 35.5. The number of methoxy groups -OCH3 is 1. The molecule has 0 heterocycles. The van der Waals surface area contributed by atoms with E-state index in [0.29, 0.717) is 22.8 Å². The van der Waals surface area contributed by atoms with Crippen molar-refractivity contribution in [2.75, 3.05) is 13.7 Å². The Morgan fingerprint density at radius 2 is 1.97 bits per heavy atom. The van der Waals surface area contributed by atoms with Gasteiger partial charge in [-0.2, -0.15) is 5.26 Å². The fourth-order valence-electron chi connectivity index (χ4n) is 2.48. The van der Waals surface area contributed by atoms with Gasteiger partial charge in [-0.05, 0) is 54.8 Å². The van der Waals surface area contributed by atoms with Gasteiger partial charge in [0.2, 0.25) is 0 Å². The number of nitriles is 1. The van der Waals surface area contributed by atoms with Crippen LogP contribution in [-0.4, -0.2) is 25.7 Å². The number of rotatable bonds is 8. The Bertz CT molecular complexity index is 962. The van der Waals surface area contributed by atoms with Crippen molar-refractivity contribution in [1.29, 1.82) is 5.26 Å². The summed E-state index contributed by atoms with van der Waals surface area (Å²) in [5.74, 6) is -0.576. The van der Waals surface area contributed by atoms with Crippen molar-refractivity contribution in [2.24, 2.45) is 0 Å². The molecule has 2 aromatic carbocycles. The monoisotopic (exact) mass is 413 g/mol. The van der Waals surface area contributed by atoms with Crippen molar-refractivity contribution in [3.63, 3.8) is 0 Å². The first-order chi connectivity index (χ1) is 14.0. The molecule has 2 aromatic rings. The molecule has 0 aliphatic heterocycles. The molecule has 0 aliphatic rings. The predicted octanol–water partition coefficient (Wildman–Crippen LogP) is 4.36. The molecule has 29 heavy (non-hydrogen) atoms. The SMILES string of the molecule is CCOC(=O)/C(C#N)=C/c1ccc(OC(=O)CCc2cccc(Cl)c2)c(OC)c1. The van der Waals surface area contributed by atoms with E-state index in [4.69, 9.17) is 31.1 Å². The average molecular weight is 414 g/mol. The molecular formula is C22H20ClNO5. The number of benzene rings is 2. The van der Waals surface area contributed by atoms with E-state index in [-0.39, 0.29) is 24.4 Å². The molecule has 0 radical (unpaired) electrons. The lowest BCUT2D eigenvalue weighted by atomic mass is 10.1. The molecule has 0 saturated heterocycles. The van der Waals surface area contributed by atoms with Crippen LogP contribution in [0, 0.1) is 11.3 Å². The second-order valence-corrected chi connectivity index (χ2v) is 6.34. The fourth-order valence-corrected chi connectivity index (χ4v) is 2.70. The number of carbonyl (C=O) groups excluding carboxylic acids is 2. The standard InChI is InChI=1S/C22H20ClNO5/c1-3-28-22(26)17(14-24)11-16-7-9-19(20(13-16)27-2)29-21(25)10-8-15-5-4-6-18(23)12-15/h4-7,9,11-13H,3,8,10H2,1-2H3/b17-11+. The van der Waals surface area contributed by atoms with Gasteiger partial charge in [-0.25, -0.2) is 4.79 Å². The third kappa shape index (κ3) is 6.66. The summed E-state index contributed by atoms with van der Waals surface area (Å²) in [7, 11) is 1.43. The van der Waals surface area contributed by atoms with Gasteiger partial charge < -0.3 is 14.2 Å². The van der Waals surface area contributed by atoms with Gasteiger partial charge in [-0.15, -0.1) is 0 Å². The lowest BCUT2D eigenvalue weighted by Gasteiger charge is -2.10. The molecule has 7 heteroatoms. The third-order valence-corrected chi connectivity index (χ3v) is 4.08. The Morgan fingerprint density at radius 1 is 1.17 bits per heavy atom. The van der Waals surface area contributed by atoms with E-state index >= 15 is 0 Å². The number of nitrogens with zero attached hydrogens (tertiary/aromatic N) is 1. The second-order valence-electron chi connectivity index (χ2n) is 5.90. The minimum atomic E-state index is -0.703. The van der Waals surface area contributed by atoms with E-state index in [1.807, 2.05) is 12.1 Å². The molecule has 0 aromatic heterocycles. The molecule has 0 saturated carbocycles. The predicted molar refractivity (Wildman–Crippen MR) is 109 cm³/mol. The van der Waals surface area contributed by atoms with Crippen LogP contribution in [0.25, 0.3) is 6.08 Å². The van der Waals surface area contributed by atoms with Crippen molar-refractivity contribution < 1.29 is 23.8 Å². The van der Waals surface area contributed by atoms with Crippen LogP contribution < -0.4 is 9.47 Å². The molecule has 2 rings (SSSR count). The van der Waals surface area contributed by atoms with E-state index in [1.165, 1.54) is 13.2 Å². The Balaban J connectivity index is 2.09. The maximum atomic E-state index is 12.2. The van der Waals surface area contributed by atoms with Gasteiger partial charge in [0.15, 0.2) is 11.5 Å². The lowest BCUT2D eigenvalue weighted by molar-refractivity contribution is -0.138. The van der Waals surface area contributed by atoms with Gasteiger partial charge in [0.05, 0.1) is 13.7 Å². The van der Waals surface area contributed by atoms with Crippen LogP contribution in [0.4, 0.5) is 0 Å². The number of carbonyl (C=O) groups is 2. The van der Waals surface area contributed by atoms with Gasteiger partial charge in [-0.3, -0.25) is 4.79 Å².